The lowest BCUT2D eigenvalue weighted by atomic mass is 10.1. The van der Waals surface area contributed by atoms with Gasteiger partial charge in [0.05, 0.1) is 30.7 Å². The summed E-state index contributed by atoms with van der Waals surface area (Å²) in [6.45, 7) is 3.15. The highest BCUT2D eigenvalue weighted by atomic mass is 16.2. The largest absolute Gasteiger partial charge is 0.341 e. The van der Waals surface area contributed by atoms with Gasteiger partial charge in [0.25, 0.3) is 0 Å². The number of nitrogens with one attached hydrogen (secondary N) is 1. The third kappa shape index (κ3) is 3.39. The third-order valence-electron chi connectivity index (χ3n) is 3.96. The zero-order valence-corrected chi connectivity index (χ0v) is 13.8. The number of imidazole rings is 1. The summed E-state index contributed by atoms with van der Waals surface area (Å²) in [5.74, 6) is 0.847. The minimum atomic E-state index is 0.00552. The number of aromatic nitrogens is 4. The van der Waals surface area contributed by atoms with Gasteiger partial charge in [0.2, 0.25) is 5.91 Å². The van der Waals surface area contributed by atoms with Crippen molar-refractivity contribution < 1.29 is 4.79 Å². The van der Waals surface area contributed by atoms with Gasteiger partial charge in [-0.2, -0.15) is 0 Å². The van der Waals surface area contributed by atoms with Crippen molar-refractivity contribution in [2.45, 2.75) is 25.8 Å². The van der Waals surface area contributed by atoms with Crippen molar-refractivity contribution in [1.82, 2.24) is 29.7 Å². The molecule has 0 aromatic carbocycles. The van der Waals surface area contributed by atoms with Gasteiger partial charge in [-0.25, -0.2) is 9.97 Å². The topological polar surface area (TPSA) is 78.0 Å². The van der Waals surface area contributed by atoms with E-state index < -0.39 is 0 Å². The van der Waals surface area contributed by atoms with E-state index in [4.69, 9.17) is 0 Å². The first-order valence-electron chi connectivity index (χ1n) is 7.82. The second-order valence-corrected chi connectivity index (χ2v) is 6.23. The van der Waals surface area contributed by atoms with Gasteiger partial charge < -0.3 is 14.8 Å². The standard InChI is InChI=1S/C16H22N6O/c1-11-7-18-16(19-11)13-9-17-8-12(20-13)14-5-4-6-22(14)15(23)10-21(2)3/h7-9,14H,4-6,10H2,1-3H3,(H,18,19). The van der Waals surface area contributed by atoms with Gasteiger partial charge in [-0.05, 0) is 33.9 Å². The zero-order chi connectivity index (χ0) is 16.4. The predicted molar refractivity (Wildman–Crippen MR) is 86.6 cm³/mol. The van der Waals surface area contributed by atoms with Crippen molar-refractivity contribution in [3.8, 4) is 11.5 Å². The molecule has 1 N–H and O–H groups in total. The molecule has 122 valence electrons. The average molecular weight is 314 g/mol. The van der Waals surface area contributed by atoms with E-state index in [-0.39, 0.29) is 11.9 Å². The Morgan fingerprint density at radius 1 is 1.39 bits per heavy atom. The molecule has 1 amide bonds. The first-order valence-corrected chi connectivity index (χ1v) is 7.82. The maximum Gasteiger partial charge on any atom is 0.237 e. The Morgan fingerprint density at radius 3 is 2.91 bits per heavy atom. The lowest BCUT2D eigenvalue weighted by Gasteiger charge is -2.25. The zero-order valence-electron chi connectivity index (χ0n) is 13.8. The van der Waals surface area contributed by atoms with Gasteiger partial charge in [0, 0.05) is 18.4 Å². The van der Waals surface area contributed by atoms with Crippen LogP contribution in [-0.2, 0) is 4.79 Å². The second-order valence-electron chi connectivity index (χ2n) is 6.23. The Kier molecular flexibility index (Phi) is 4.38. The Morgan fingerprint density at radius 2 is 2.22 bits per heavy atom. The summed E-state index contributed by atoms with van der Waals surface area (Å²) < 4.78 is 0. The molecule has 1 aliphatic rings. The number of hydrogen-bond acceptors (Lipinski definition) is 5. The van der Waals surface area contributed by atoms with Crippen LogP contribution in [0, 0.1) is 6.92 Å². The fraction of sp³-hybridized carbons (Fsp3) is 0.500. The number of nitrogens with zero attached hydrogens (tertiary/aromatic N) is 5. The van der Waals surface area contributed by atoms with Crippen LogP contribution in [0.1, 0.15) is 30.3 Å². The lowest BCUT2D eigenvalue weighted by molar-refractivity contribution is -0.132. The van der Waals surface area contributed by atoms with Crippen molar-refractivity contribution in [1.29, 1.82) is 0 Å². The Bertz CT molecular complexity index is 695. The smallest absolute Gasteiger partial charge is 0.237 e. The molecule has 2 aromatic rings. The van der Waals surface area contributed by atoms with Crippen LogP contribution < -0.4 is 0 Å². The summed E-state index contributed by atoms with van der Waals surface area (Å²) in [4.78, 5) is 32.7. The van der Waals surface area contributed by atoms with Gasteiger partial charge in [-0.15, -0.1) is 0 Å². The average Bonchev–Trinajstić information content (AvgIpc) is 3.15. The molecule has 3 rings (SSSR count). The summed E-state index contributed by atoms with van der Waals surface area (Å²) in [5, 5.41) is 0. The highest BCUT2D eigenvalue weighted by molar-refractivity contribution is 5.79. The first-order chi connectivity index (χ1) is 11.0. The van der Waals surface area contributed by atoms with E-state index in [0.717, 1.165) is 30.8 Å². The molecule has 7 nitrogen and oxygen atoms in total. The molecule has 1 unspecified atom stereocenters. The van der Waals surface area contributed by atoms with Crippen molar-refractivity contribution in [3.63, 3.8) is 0 Å². The maximum absolute atomic E-state index is 12.4. The lowest BCUT2D eigenvalue weighted by Crippen LogP contribution is -2.37. The number of carbonyl (C=O) groups excluding carboxylic acids is 1. The number of H-pyrrole nitrogens is 1. The van der Waals surface area contributed by atoms with E-state index in [1.807, 2.05) is 30.8 Å². The Labute approximate surface area is 135 Å². The summed E-state index contributed by atoms with van der Waals surface area (Å²) >= 11 is 0. The quantitative estimate of drug-likeness (QED) is 0.923. The molecule has 0 aliphatic carbocycles. The van der Waals surface area contributed by atoms with Gasteiger partial charge in [-0.1, -0.05) is 0 Å². The molecule has 1 aliphatic heterocycles. The molecule has 2 aromatic heterocycles. The number of aryl methyl sites for hydroxylation is 1. The van der Waals surface area contributed by atoms with Crippen LogP contribution in [0.5, 0.6) is 0 Å². The van der Waals surface area contributed by atoms with Crippen molar-refractivity contribution >= 4 is 5.91 Å². The van der Waals surface area contributed by atoms with Crippen molar-refractivity contribution in [2.75, 3.05) is 27.2 Å². The SMILES string of the molecule is Cc1cnc(-c2cncc(C3CCCN3C(=O)CN(C)C)n2)[nH]1. The third-order valence-corrected chi connectivity index (χ3v) is 3.96. The summed E-state index contributed by atoms with van der Waals surface area (Å²) in [6, 6.07) is 0.00552. The highest BCUT2D eigenvalue weighted by Gasteiger charge is 2.31. The van der Waals surface area contributed by atoms with Gasteiger partial charge in [-0.3, -0.25) is 9.78 Å². The van der Waals surface area contributed by atoms with Crippen LogP contribution in [0.4, 0.5) is 0 Å². The molecular formula is C16H22N6O. The minimum Gasteiger partial charge on any atom is -0.341 e. The Hall–Kier alpha value is -2.28. The van der Waals surface area contributed by atoms with Crippen LogP contribution in [0.15, 0.2) is 18.6 Å². The molecule has 1 atom stereocenters. The fourth-order valence-corrected chi connectivity index (χ4v) is 2.93. The van der Waals surface area contributed by atoms with E-state index in [2.05, 4.69) is 19.9 Å². The van der Waals surface area contributed by atoms with Crippen LogP contribution in [-0.4, -0.2) is 62.8 Å². The summed E-state index contributed by atoms with van der Waals surface area (Å²) in [6.07, 6.45) is 7.14. The molecule has 3 heterocycles. The number of amides is 1. The van der Waals surface area contributed by atoms with Crippen molar-refractivity contribution in [3.05, 3.63) is 30.0 Å². The summed E-state index contributed by atoms with van der Waals surface area (Å²) in [7, 11) is 3.81. The fourth-order valence-electron chi connectivity index (χ4n) is 2.93. The number of aromatic amines is 1. The van der Waals surface area contributed by atoms with Crippen LogP contribution in [0.3, 0.4) is 0 Å². The van der Waals surface area contributed by atoms with Crippen LogP contribution >= 0.6 is 0 Å². The minimum absolute atomic E-state index is 0.00552. The molecule has 1 saturated heterocycles. The van der Waals surface area contributed by atoms with E-state index in [1.165, 1.54) is 0 Å². The molecular weight excluding hydrogens is 292 g/mol. The molecule has 0 bridgehead atoms. The van der Waals surface area contributed by atoms with E-state index in [9.17, 15) is 4.79 Å². The highest BCUT2D eigenvalue weighted by Crippen LogP contribution is 2.31. The second kappa shape index (κ2) is 6.45. The van der Waals surface area contributed by atoms with Gasteiger partial charge >= 0.3 is 0 Å². The normalized spacial score (nSPS) is 17.9. The summed E-state index contributed by atoms with van der Waals surface area (Å²) in [5.41, 5.74) is 2.53. The number of carbonyl (C=O) groups is 1. The van der Waals surface area contributed by atoms with Crippen LogP contribution in [0.25, 0.3) is 11.5 Å². The maximum atomic E-state index is 12.4. The van der Waals surface area contributed by atoms with Gasteiger partial charge in [0.15, 0.2) is 5.82 Å². The van der Waals surface area contributed by atoms with E-state index in [1.54, 1.807) is 18.6 Å². The Balaban J connectivity index is 1.84. The number of hydrogen-bond donors (Lipinski definition) is 1. The molecule has 1 fully saturated rings. The number of likely N-dealkylation sites (tertiary alicyclic amines) is 1. The molecule has 23 heavy (non-hydrogen) atoms. The molecule has 0 saturated carbocycles. The molecule has 0 spiro atoms. The monoisotopic (exact) mass is 314 g/mol. The van der Waals surface area contributed by atoms with E-state index in [0.29, 0.717) is 18.1 Å². The molecule has 7 heteroatoms. The van der Waals surface area contributed by atoms with Crippen molar-refractivity contribution in [2.24, 2.45) is 0 Å². The van der Waals surface area contributed by atoms with E-state index >= 15 is 0 Å². The number of rotatable bonds is 4. The van der Waals surface area contributed by atoms with Gasteiger partial charge in [0.1, 0.15) is 5.69 Å². The predicted octanol–water partition coefficient (Wildman–Crippen LogP) is 1.40. The molecule has 0 radical (unpaired) electrons. The first kappa shape index (κ1) is 15.6. The van der Waals surface area contributed by atoms with Crippen LogP contribution in [0.2, 0.25) is 0 Å². The number of likely N-dealkylation sites (N-methyl/N-ethyl adjacent to an activating group) is 1.